The highest BCUT2D eigenvalue weighted by Crippen LogP contribution is 2.24. The Bertz CT molecular complexity index is 1120. The van der Waals surface area contributed by atoms with Gasteiger partial charge in [-0.05, 0) is 65.1 Å². The van der Waals surface area contributed by atoms with Crippen molar-refractivity contribution in [3.63, 3.8) is 0 Å². The maximum Gasteiger partial charge on any atom is 0.349 e. The van der Waals surface area contributed by atoms with Gasteiger partial charge in [0.1, 0.15) is 11.5 Å². The molecule has 0 bridgehead atoms. The predicted molar refractivity (Wildman–Crippen MR) is 110 cm³/mol. The molecule has 0 aliphatic heterocycles. The first kappa shape index (κ1) is 20.8. The molecule has 0 heterocycles. The summed E-state index contributed by atoms with van der Waals surface area (Å²) in [5.41, 5.74) is 1.22. The molecule has 152 valence electrons. The van der Waals surface area contributed by atoms with Crippen molar-refractivity contribution >= 4 is 26.9 Å². The molecule has 0 aliphatic carbocycles. The first-order chi connectivity index (χ1) is 13.8. The van der Waals surface area contributed by atoms with Crippen molar-refractivity contribution in [1.29, 1.82) is 0 Å². The molecule has 3 aromatic carbocycles. The van der Waals surface area contributed by atoms with Crippen LogP contribution in [0.3, 0.4) is 0 Å². The monoisotopic (exact) mass is 414 g/mol. The second kappa shape index (κ2) is 8.63. The molecule has 1 atom stereocenters. The van der Waals surface area contributed by atoms with Crippen molar-refractivity contribution in [3.05, 3.63) is 66.2 Å². The van der Waals surface area contributed by atoms with Crippen LogP contribution < -0.4 is 9.47 Å². The van der Waals surface area contributed by atoms with E-state index >= 15 is 0 Å². The highest BCUT2D eigenvalue weighted by atomic mass is 32.2. The van der Waals surface area contributed by atoms with E-state index in [0.29, 0.717) is 28.2 Å². The van der Waals surface area contributed by atoms with Crippen LogP contribution in [0.15, 0.2) is 65.6 Å². The first-order valence-electron chi connectivity index (χ1n) is 9.21. The molecule has 6 nitrogen and oxygen atoms in total. The molecule has 3 rings (SSSR count). The lowest BCUT2D eigenvalue weighted by Crippen LogP contribution is -2.17. The molecule has 3 aromatic rings. The fraction of sp³-hybridized carbons (Fsp3) is 0.227. The van der Waals surface area contributed by atoms with Gasteiger partial charge in [-0.2, -0.15) is 8.42 Å². The number of hydrogen-bond donors (Lipinski definition) is 1. The van der Waals surface area contributed by atoms with Crippen LogP contribution >= 0.6 is 0 Å². The lowest BCUT2D eigenvalue weighted by atomic mass is 9.99. The van der Waals surface area contributed by atoms with Crippen LogP contribution in [-0.4, -0.2) is 25.5 Å². The van der Waals surface area contributed by atoms with E-state index in [1.807, 2.05) is 24.3 Å². The van der Waals surface area contributed by atoms with E-state index in [-0.39, 0.29) is 11.5 Å². The minimum Gasteiger partial charge on any atom is -0.482 e. The van der Waals surface area contributed by atoms with E-state index in [1.54, 1.807) is 18.2 Å². The summed E-state index contributed by atoms with van der Waals surface area (Å²) >= 11 is 0. The SMILES string of the molecule is CCC(C)c1ccc(OCC(=O)Oc2ccc3cc(S(=O)(=O)O)ccc3c2)cc1. The van der Waals surface area contributed by atoms with Crippen LogP contribution in [0.4, 0.5) is 0 Å². The Balaban J connectivity index is 1.62. The Morgan fingerprint density at radius 1 is 0.966 bits per heavy atom. The third-order valence-electron chi connectivity index (χ3n) is 4.73. The fourth-order valence-corrected chi connectivity index (χ4v) is 3.37. The van der Waals surface area contributed by atoms with Crippen molar-refractivity contribution in [1.82, 2.24) is 0 Å². The second-order valence-electron chi connectivity index (χ2n) is 6.79. The van der Waals surface area contributed by atoms with Gasteiger partial charge >= 0.3 is 5.97 Å². The van der Waals surface area contributed by atoms with Gasteiger partial charge in [-0.3, -0.25) is 4.55 Å². The summed E-state index contributed by atoms with van der Waals surface area (Å²) in [4.78, 5) is 11.9. The van der Waals surface area contributed by atoms with Crippen molar-refractivity contribution in [3.8, 4) is 11.5 Å². The molecule has 1 N–H and O–H groups in total. The highest BCUT2D eigenvalue weighted by Gasteiger charge is 2.11. The number of benzene rings is 3. The van der Waals surface area contributed by atoms with E-state index in [9.17, 15) is 13.2 Å². The summed E-state index contributed by atoms with van der Waals surface area (Å²) < 4.78 is 42.3. The van der Waals surface area contributed by atoms with Gasteiger partial charge in [0.15, 0.2) is 6.61 Å². The van der Waals surface area contributed by atoms with Gasteiger partial charge < -0.3 is 9.47 Å². The quantitative estimate of drug-likeness (QED) is 0.346. The van der Waals surface area contributed by atoms with Gasteiger partial charge in [0, 0.05) is 0 Å². The summed E-state index contributed by atoms with van der Waals surface area (Å²) in [6.45, 7) is 4.05. The average Bonchev–Trinajstić information content (AvgIpc) is 2.71. The molecule has 0 fully saturated rings. The number of esters is 1. The summed E-state index contributed by atoms with van der Waals surface area (Å²) in [5.74, 6) is 0.823. The minimum absolute atomic E-state index is 0.192. The summed E-state index contributed by atoms with van der Waals surface area (Å²) in [7, 11) is -4.27. The van der Waals surface area contributed by atoms with Gasteiger partial charge in [-0.25, -0.2) is 4.79 Å². The molecule has 0 radical (unpaired) electrons. The van der Waals surface area contributed by atoms with Crippen LogP contribution in [0.2, 0.25) is 0 Å². The smallest absolute Gasteiger partial charge is 0.349 e. The normalized spacial score (nSPS) is 12.5. The zero-order chi connectivity index (χ0) is 21.0. The molecule has 0 amide bonds. The zero-order valence-corrected chi connectivity index (χ0v) is 17.0. The van der Waals surface area contributed by atoms with Crippen molar-refractivity contribution < 1.29 is 27.2 Å². The summed E-state index contributed by atoms with van der Waals surface area (Å²) in [5, 5.41) is 1.27. The Morgan fingerprint density at radius 2 is 1.59 bits per heavy atom. The van der Waals surface area contributed by atoms with E-state index in [1.165, 1.54) is 23.8 Å². The second-order valence-corrected chi connectivity index (χ2v) is 8.21. The van der Waals surface area contributed by atoms with Crippen LogP contribution in [0.5, 0.6) is 11.5 Å². The summed E-state index contributed by atoms with van der Waals surface area (Å²) in [6.07, 6.45) is 1.05. The first-order valence-corrected chi connectivity index (χ1v) is 10.6. The molecule has 1 unspecified atom stereocenters. The average molecular weight is 414 g/mol. The van der Waals surface area contributed by atoms with Crippen molar-refractivity contribution in [2.75, 3.05) is 6.61 Å². The van der Waals surface area contributed by atoms with Gasteiger partial charge in [0.2, 0.25) is 0 Å². The Labute approximate surface area is 169 Å². The number of carbonyl (C=O) groups is 1. The van der Waals surface area contributed by atoms with E-state index < -0.39 is 16.1 Å². The number of ether oxygens (including phenoxy) is 2. The maximum atomic E-state index is 12.1. The standard InChI is InChI=1S/C22H22O6S/c1-3-15(2)16-4-8-19(9-5-16)27-14-22(23)28-20-10-6-18-13-21(29(24,25)26)11-7-17(18)12-20/h4-13,15H,3,14H2,1-2H3,(H,24,25,26). The minimum atomic E-state index is -4.27. The molecular weight excluding hydrogens is 392 g/mol. The van der Waals surface area contributed by atoms with Crippen molar-refractivity contribution in [2.24, 2.45) is 0 Å². The predicted octanol–water partition coefficient (Wildman–Crippen LogP) is 4.58. The number of rotatable bonds is 7. The van der Waals surface area contributed by atoms with Crippen LogP contribution in [0.1, 0.15) is 31.7 Å². The van der Waals surface area contributed by atoms with Gasteiger partial charge in [0.05, 0.1) is 4.90 Å². The van der Waals surface area contributed by atoms with Crippen LogP contribution in [0, 0.1) is 0 Å². The molecule has 7 heteroatoms. The van der Waals surface area contributed by atoms with Gasteiger partial charge in [-0.1, -0.05) is 38.1 Å². The lowest BCUT2D eigenvalue weighted by molar-refractivity contribution is -0.136. The highest BCUT2D eigenvalue weighted by molar-refractivity contribution is 7.85. The third kappa shape index (κ3) is 5.34. The third-order valence-corrected chi connectivity index (χ3v) is 5.58. The molecule has 29 heavy (non-hydrogen) atoms. The zero-order valence-electron chi connectivity index (χ0n) is 16.2. The molecular formula is C22H22O6S. The van der Waals surface area contributed by atoms with Crippen LogP contribution in [0.25, 0.3) is 10.8 Å². The Hall–Kier alpha value is -2.90. The van der Waals surface area contributed by atoms with Crippen LogP contribution in [-0.2, 0) is 14.9 Å². The van der Waals surface area contributed by atoms with E-state index in [0.717, 1.165) is 6.42 Å². The van der Waals surface area contributed by atoms with E-state index in [4.69, 9.17) is 14.0 Å². The molecule has 0 spiro atoms. The molecule has 0 aliphatic rings. The number of fused-ring (bicyclic) bond motifs is 1. The molecule has 0 saturated heterocycles. The largest absolute Gasteiger partial charge is 0.482 e. The Kier molecular flexibility index (Phi) is 6.20. The number of hydrogen-bond acceptors (Lipinski definition) is 5. The van der Waals surface area contributed by atoms with Gasteiger partial charge in [-0.15, -0.1) is 0 Å². The Morgan fingerprint density at radius 3 is 2.24 bits per heavy atom. The van der Waals surface area contributed by atoms with Crippen molar-refractivity contribution in [2.45, 2.75) is 31.1 Å². The fourth-order valence-electron chi connectivity index (χ4n) is 2.86. The van der Waals surface area contributed by atoms with Gasteiger partial charge in [0.25, 0.3) is 10.1 Å². The summed E-state index contributed by atoms with van der Waals surface area (Å²) in [6, 6.07) is 16.6. The molecule has 0 aromatic heterocycles. The topological polar surface area (TPSA) is 89.9 Å². The van der Waals surface area contributed by atoms with E-state index in [2.05, 4.69) is 13.8 Å². The maximum absolute atomic E-state index is 12.1. The molecule has 0 saturated carbocycles. The lowest BCUT2D eigenvalue weighted by Gasteiger charge is -2.11. The number of carbonyl (C=O) groups excluding carboxylic acids is 1.